The number of nitrogens with zero attached hydrogens (tertiary/aromatic N) is 3. The van der Waals surface area contributed by atoms with E-state index in [0.29, 0.717) is 6.07 Å². The summed E-state index contributed by atoms with van der Waals surface area (Å²) >= 11 is 0. The Morgan fingerprint density at radius 1 is 0.857 bits per heavy atom. The first-order valence-electron chi connectivity index (χ1n) is 11.3. The van der Waals surface area contributed by atoms with Crippen molar-refractivity contribution in [3.05, 3.63) is 102 Å². The van der Waals surface area contributed by atoms with E-state index in [2.05, 4.69) is 0 Å². The zero-order valence-corrected chi connectivity index (χ0v) is 20.2. The maximum Gasteiger partial charge on any atom is 0.243 e. The molecule has 1 heterocycles. The molecule has 0 saturated carbocycles. The number of carbonyl (C=O) groups is 1. The Labute approximate surface area is 204 Å². The Kier molecular flexibility index (Phi) is 7.59. The van der Waals surface area contributed by atoms with Gasteiger partial charge in [-0.2, -0.15) is 4.31 Å². The van der Waals surface area contributed by atoms with Crippen molar-refractivity contribution in [1.82, 2.24) is 14.1 Å². The van der Waals surface area contributed by atoms with Crippen LogP contribution in [-0.4, -0.2) is 68.2 Å². The Bertz CT molecular complexity index is 1230. The number of benzene rings is 3. The van der Waals surface area contributed by atoms with Crippen LogP contribution in [0.1, 0.15) is 17.2 Å². The SMILES string of the molecule is CN(CC(=O)N1CCN(S(=O)(=O)c2ccc(F)c(F)c2)CC1)C(c1ccccc1)c1ccccc1. The molecular formula is C26H27F2N3O3S. The quantitative estimate of drug-likeness (QED) is 0.499. The summed E-state index contributed by atoms with van der Waals surface area (Å²) < 4.78 is 53.6. The molecule has 1 aliphatic rings. The van der Waals surface area contributed by atoms with Gasteiger partial charge in [-0.25, -0.2) is 17.2 Å². The molecule has 3 aromatic carbocycles. The number of rotatable bonds is 7. The highest BCUT2D eigenvalue weighted by atomic mass is 32.2. The monoisotopic (exact) mass is 499 g/mol. The van der Waals surface area contributed by atoms with E-state index in [1.165, 1.54) is 4.31 Å². The number of hydrogen-bond donors (Lipinski definition) is 0. The average Bonchev–Trinajstić information content (AvgIpc) is 2.87. The minimum atomic E-state index is -3.98. The van der Waals surface area contributed by atoms with Gasteiger partial charge in [0.25, 0.3) is 0 Å². The van der Waals surface area contributed by atoms with Crippen LogP contribution < -0.4 is 0 Å². The van der Waals surface area contributed by atoms with E-state index >= 15 is 0 Å². The molecule has 1 aliphatic heterocycles. The number of hydrogen-bond acceptors (Lipinski definition) is 4. The zero-order valence-electron chi connectivity index (χ0n) is 19.3. The van der Waals surface area contributed by atoms with Crippen LogP contribution in [0.4, 0.5) is 8.78 Å². The Hall–Kier alpha value is -3.14. The lowest BCUT2D eigenvalue weighted by molar-refractivity contribution is -0.133. The van der Waals surface area contributed by atoms with Gasteiger partial charge in [0.1, 0.15) is 0 Å². The van der Waals surface area contributed by atoms with Crippen molar-refractivity contribution in [1.29, 1.82) is 0 Å². The van der Waals surface area contributed by atoms with Gasteiger partial charge in [-0.15, -0.1) is 0 Å². The van der Waals surface area contributed by atoms with Gasteiger partial charge in [-0.1, -0.05) is 60.7 Å². The van der Waals surface area contributed by atoms with Crippen molar-refractivity contribution in [2.75, 3.05) is 39.8 Å². The summed E-state index contributed by atoms with van der Waals surface area (Å²) in [5, 5.41) is 0. The van der Waals surface area contributed by atoms with Crippen LogP contribution in [0.25, 0.3) is 0 Å². The van der Waals surface area contributed by atoms with Crippen LogP contribution in [0.3, 0.4) is 0 Å². The maximum absolute atomic E-state index is 13.6. The molecule has 4 rings (SSSR count). The fraction of sp³-hybridized carbons (Fsp3) is 0.269. The second-order valence-corrected chi connectivity index (χ2v) is 10.4. The maximum atomic E-state index is 13.6. The molecule has 0 bridgehead atoms. The van der Waals surface area contributed by atoms with Crippen LogP contribution in [0.2, 0.25) is 0 Å². The molecule has 184 valence electrons. The molecule has 9 heteroatoms. The van der Waals surface area contributed by atoms with E-state index in [-0.39, 0.29) is 49.6 Å². The average molecular weight is 500 g/mol. The van der Waals surface area contributed by atoms with E-state index in [1.54, 1.807) is 4.90 Å². The molecule has 0 aliphatic carbocycles. The summed E-state index contributed by atoms with van der Waals surface area (Å²) in [6, 6.07) is 22.3. The molecule has 0 N–H and O–H groups in total. The largest absolute Gasteiger partial charge is 0.339 e. The first-order chi connectivity index (χ1) is 16.8. The van der Waals surface area contributed by atoms with Crippen LogP contribution in [0.5, 0.6) is 0 Å². The van der Waals surface area contributed by atoms with Gasteiger partial charge in [-0.05, 0) is 36.4 Å². The molecule has 3 aromatic rings. The lowest BCUT2D eigenvalue weighted by atomic mass is 9.97. The molecule has 1 saturated heterocycles. The summed E-state index contributed by atoms with van der Waals surface area (Å²) in [5.41, 5.74) is 2.13. The molecule has 1 amide bonds. The standard InChI is InChI=1S/C26H27F2N3O3S/c1-29(26(20-8-4-2-5-9-20)21-10-6-3-7-11-21)19-25(32)30-14-16-31(17-15-30)35(33,34)22-12-13-23(27)24(28)18-22/h2-13,18,26H,14-17,19H2,1H3. The van der Waals surface area contributed by atoms with E-state index in [1.807, 2.05) is 72.6 Å². The molecule has 0 aromatic heterocycles. The minimum Gasteiger partial charge on any atom is -0.339 e. The van der Waals surface area contributed by atoms with Crippen molar-refractivity contribution >= 4 is 15.9 Å². The lowest BCUT2D eigenvalue weighted by Gasteiger charge is -2.36. The fourth-order valence-corrected chi connectivity index (χ4v) is 5.78. The van der Waals surface area contributed by atoms with E-state index in [9.17, 15) is 22.0 Å². The molecule has 1 fully saturated rings. The minimum absolute atomic E-state index is 0.0809. The summed E-state index contributed by atoms with van der Waals surface area (Å²) in [6.07, 6.45) is 0. The molecule has 0 spiro atoms. The lowest BCUT2D eigenvalue weighted by Crippen LogP contribution is -2.52. The van der Waals surface area contributed by atoms with E-state index in [4.69, 9.17) is 0 Å². The third kappa shape index (κ3) is 5.58. The normalized spacial score (nSPS) is 15.1. The number of carbonyl (C=O) groups excluding carboxylic acids is 1. The predicted octanol–water partition coefficient (Wildman–Crippen LogP) is 3.52. The molecule has 0 atom stereocenters. The van der Waals surface area contributed by atoms with Gasteiger partial charge in [0.2, 0.25) is 15.9 Å². The third-order valence-electron chi connectivity index (χ3n) is 6.18. The highest BCUT2D eigenvalue weighted by Crippen LogP contribution is 2.27. The summed E-state index contributed by atoms with van der Waals surface area (Å²) in [5.74, 6) is -2.42. The second-order valence-electron chi connectivity index (χ2n) is 8.50. The Balaban J connectivity index is 1.42. The highest BCUT2D eigenvalue weighted by molar-refractivity contribution is 7.89. The Morgan fingerprint density at radius 3 is 1.91 bits per heavy atom. The smallest absolute Gasteiger partial charge is 0.243 e. The van der Waals surface area contributed by atoms with E-state index < -0.39 is 21.7 Å². The molecular weight excluding hydrogens is 472 g/mol. The van der Waals surface area contributed by atoms with Gasteiger partial charge >= 0.3 is 0 Å². The number of piperazine rings is 1. The van der Waals surface area contributed by atoms with Crippen molar-refractivity contribution in [2.24, 2.45) is 0 Å². The van der Waals surface area contributed by atoms with Gasteiger partial charge in [0, 0.05) is 26.2 Å². The Morgan fingerprint density at radius 2 is 1.40 bits per heavy atom. The van der Waals surface area contributed by atoms with Crippen LogP contribution in [0.15, 0.2) is 83.8 Å². The molecule has 0 unspecified atom stereocenters. The summed E-state index contributed by atoms with van der Waals surface area (Å²) in [7, 11) is -2.09. The van der Waals surface area contributed by atoms with E-state index in [0.717, 1.165) is 23.3 Å². The number of halogens is 2. The van der Waals surface area contributed by atoms with Crippen molar-refractivity contribution < 1.29 is 22.0 Å². The highest BCUT2D eigenvalue weighted by Gasteiger charge is 2.31. The molecule has 35 heavy (non-hydrogen) atoms. The molecule has 6 nitrogen and oxygen atoms in total. The van der Waals surface area contributed by atoms with Crippen LogP contribution in [0, 0.1) is 11.6 Å². The van der Waals surface area contributed by atoms with Gasteiger partial charge in [0.15, 0.2) is 11.6 Å². The summed E-state index contributed by atoms with van der Waals surface area (Å²) in [6.45, 7) is 0.757. The van der Waals surface area contributed by atoms with Crippen LogP contribution >= 0.6 is 0 Å². The first-order valence-corrected chi connectivity index (χ1v) is 12.7. The van der Waals surface area contributed by atoms with Crippen molar-refractivity contribution in [2.45, 2.75) is 10.9 Å². The van der Waals surface area contributed by atoms with Crippen molar-refractivity contribution in [3.8, 4) is 0 Å². The third-order valence-corrected chi connectivity index (χ3v) is 8.07. The number of amides is 1. The van der Waals surface area contributed by atoms with Gasteiger partial charge < -0.3 is 4.90 Å². The zero-order chi connectivity index (χ0) is 25.0. The van der Waals surface area contributed by atoms with Gasteiger partial charge in [0.05, 0.1) is 17.5 Å². The fourth-order valence-electron chi connectivity index (χ4n) is 4.34. The first kappa shape index (κ1) is 25.0. The second kappa shape index (κ2) is 10.6. The summed E-state index contributed by atoms with van der Waals surface area (Å²) in [4.78, 5) is 16.4. The topological polar surface area (TPSA) is 60.9 Å². The predicted molar refractivity (Wildman–Crippen MR) is 129 cm³/mol. The van der Waals surface area contributed by atoms with Gasteiger partial charge in [-0.3, -0.25) is 9.69 Å². The van der Waals surface area contributed by atoms with Crippen LogP contribution in [-0.2, 0) is 14.8 Å². The number of likely N-dealkylation sites (N-methyl/N-ethyl adjacent to an activating group) is 1. The van der Waals surface area contributed by atoms with Crippen molar-refractivity contribution in [3.63, 3.8) is 0 Å². The number of sulfonamides is 1. The molecule has 0 radical (unpaired) electrons.